The smallest absolute Gasteiger partial charge is 0.271 e. The molecule has 1 heterocycles. The van der Waals surface area contributed by atoms with Crippen molar-refractivity contribution < 1.29 is 4.79 Å². The Bertz CT molecular complexity index is 1430. The summed E-state index contributed by atoms with van der Waals surface area (Å²) in [5.74, 6) is -0.297. The van der Waals surface area contributed by atoms with Crippen LogP contribution in [0.2, 0.25) is 0 Å². The minimum atomic E-state index is -0.299. The first-order valence-electron chi connectivity index (χ1n) is 11.6. The van der Waals surface area contributed by atoms with E-state index in [-0.39, 0.29) is 30.3 Å². The average Bonchev–Trinajstić information content (AvgIpc) is 2.88. The van der Waals surface area contributed by atoms with Crippen LogP contribution in [0.15, 0.2) is 89.9 Å². The van der Waals surface area contributed by atoms with Gasteiger partial charge in [-0.3, -0.25) is 15.0 Å². The van der Waals surface area contributed by atoms with Crippen molar-refractivity contribution >= 4 is 17.4 Å². The second-order valence-corrected chi connectivity index (χ2v) is 8.49. The number of anilines is 1. The number of nitrogens with zero attached hydrogens (tertiary/aromatic N) is 2. The van der Waals surface area contributed by atoms with Crippen LogP contribution in [0.3, 0.4) is 0 Å². The van der Waals surface area contributed by atoms with E-state index in [1.807, 2.05) is 36.4 Å². The largest absolute Gasteiger partial charge is 0.399 e. The van der Waals surface area contributed by atoms with Crippen molar-refractivity contribution in [1.29, 1.82) is 5.41 Å². The fourth-order valence-corrected chi connectivity index (χ4v) is 3.92. The Morgan fingerprint density at radius 2 is 1.72 bits per heavy atom. The Morgan fingerprint density at radius 1 is 0.972 bits per heavy atom. The zero-order valence-corrected chi connectivity index (χ0v) is 19.8. The lowest BCUT2D eigenvalue weighted by Crippen LogP contribution is -2.32. The highest BCUT2D eigenvalue weighted by molar-refractivity contribution is 5.94. The number of nitrogens with two attached hydrogens (primary N) is 2. The van der Waals surface area contributed by atoms with Gasteiger partial charge >= 0.3 is 0 Å². The minimum Gasteiger partial charge on any atom is -0.399 e. The van der Waals surface area contributed by atoms with Gasteiger partial charge in [-0.2, -0.15) is 5.10 Å². The van der Waals surface area contributed by atoms with E-state index >= 15 is 0 Å². The van der Waals surface area contributed by atoms with E-state index < -0.39 is 0 Å². The highest BCUT2D eigenvalue weighted by Gasteiger charge is 2.17. The molecular formula is C28H28N6O2. The predicted octanol–water partition coefficient (Wildman–Crippen LogP) is 2.88. The monoisotopic (exact) mass is 480 g/mol. The molecule has 6 N–H and O–H groups in total. The van der Waals surface area contributed by atoms with Crippen molar-refractivity contribution in [2.75, 3.05) is 5.73 Å². The molecule has 0 unspecified atom stereocenters. The third-order valence-electron chi connectivity index (χ3n) is 5.89. The van der Waals surface area contributed by atoms with Gasteiger partial charge in [0, 0.05) is 35.5 Å². The normalized spacial score (nSPS) is 10.7. The molecule has 0 aliphatic carbocycles. The zero-order valence-electron chi connectivity index (χ0n) is 19.8. The molecule has 4 aromatic rings. The first-order valence-corrected chi connectivity index (χ1v) is 11.6. The number of carbonyl (C=O) groups excluding carboxylic acids is 1. The standard InChI is InChI=1S/C28H28N6O2/c29-23-8-4-7-22(15-23)25-18-33-34(14-13-19-5-2-1-3-6-19)28(36)24(25)16-26(35)32-17-20-9-11-21(12-10-20)27(30)31/h1-12,15,18H,13-14,16-17,29H2,(H3,30,31)(H,32,35). The topological polar surface area (TPSA) is 140 Å². The van der Waals surface area contributed by atoms with Crippen molar-refractivity contribution in [3.63, 3.8) is 0 Å². The number of rotatable bonds is 9. The number of aromatic nitrogens is 2. The Morgan fingerprint density at radius 3 is 2.42 bits per heavy atom. The van der Waals surface area contributed by atoms with Gasteiger partial charge in [0.2, 0.25) is 5.91 Å². The maximum atomic E-state index is 13.4. The molecule has 8 nitrogen and oxygen atoms in total. The van der Waals surface area contributed by atoms with Gasteiger partial charge < -0.3 is 16.8 Å². The maximum Gasteiger partial charge on any atom is 0.271 e. The van der Waals surface area contributed by atoms with Crippen LogP contribution >= 0.6 is 0 Å². The summed E-state index contributed by atoms with van der Waals surface area (Å²) in [4.78, 5) is 26.3. The van der Waals surface area contributed by atoms with Crippen LogP contribution in [0, 0.1) is 5.41 Å². The molecular weight excluding hydrogens is 452 g/mol. The first-order chi connectivity index (χ1) is 17.4. The minimum absolute atomic E-state index is 0.0131. The molecule has 0 aliphatic rings. The van der Waals surface area contributed by atoms with Crippen molar-refractivity contribution in [3.05, 3.63) is 118 Å². The molecule has 0 saturated heterocycles. The van der Waals surface area contributed by atoms with Gasteiger partial charge in [0.1, 0.15) is 5.84 Å². The van der Waals surface area contributed by atoms with Gasteiger partial charge in [-0.05, 0) is 35.2 Å². The molecule has 36 heavy (non-hydrogen) atoms. The zero-order chi connectivity index (χ0) is 25.5. The quantitative estimate of drug-likeness (QED) is 0.166. The van der Waals surface area contributed by atoms with Crippen LogP contribution in [-0.2, 0) is 30.7 Å². The molecule has 0 aliphatic heterocycles. The molecule has 0 spiro atoms. The lowest BCUT2D eigenvalue weighted by Gasteiger charge is -2.13. The number of amides is 1. The van der Waals surface area contributed by atoms with Gasteiger partial charge in [0.15, 0.2) is 0 Å². The second kappa shape index (κ2) is 11.1. The van der Waals surface area contributed by atoms with Gasteiger partial charge in [0.25, 0.3) is 5.56 Å². The summed E-state index contributed by atoms with van der Waals surface area (Å²) in [5, 5.41) is 14.7. The number of amidine groups is 1. The summed E-state index contributed by atoms with van der Waals surface area (Å²) >= 11 is 0. The van der Waals surface area contributed by atoms with Crippen LogP contribution in [-0.4, -0.2) is 21.5 Å². The van der Waals surface area contributed by atoms with Crippen molar-refractivity contribution in [2.24, 2.45) is 5.73 Å². The molecule has 0 bridgehead atoms. The summed E-state index contributed by atoms with van der Waals surface area (Å²) in [6.45, 7) is 0.690. The predicted molar refractivity (Wildman–Crippen MR) is 142 cm³/mol. The van der Waals surface area contributed by atoms with Gasteiger partial charge in [-0.1, -0.05) is 66.7 Å². The number of hydrogen-bond acceptors (Lipinski definition) is 5. The fourth-order valence-electron chi connectivity index (χ4n) is 3.92. The Kier molecular flexibility index (Phi) is 7.55. The van der Waals surface area contributed by atoms with Gasteiger partial charge in [-0.25, -0.2) is 4.68 Å². The Balaban J connectivity index is 1.56. The van der Waals surface area contributed by atoms with E-state index in [0.29, 0.717) is 35.3 Å². The average molecular weight is 481 g/mol. The summed E-state index contributed by atoms with van der Waals surface area (Å²) in [6.07, 6.45) is 2.18. The lowest BCUT2D eigenvalue weighted by molar-refractivity contribution is -0.120. The van der Waals surface area contributed by atoms with Gasteiger partial charge in [-0.15, -0.1) is 0 Å². The fraction of sp³-hybridized carbons (Fsp3) is 0.143. The summed E-state index contributed by atoms with van der Waals surface area (Å²) in [5.41, 5.74) is 16.0. The van der Waals surface area contributed by atoms with Crippen molar-refractivity contribution in [2.45, 2.75) is 25.9 Å². The lowest BCUT2D eigenvalue weighted by atomic mass is 10.00. The molecule has 0 fully saturated rings. The number of carbonyl (C=O) groups is 1. The van der Waals surface area contributed by atoms with Crippen molar-refractivity contribution in [3.8, 4) is 11.1 Å². The van der Waals surface area contributed by atoms with Crippen LogP contribution in [0.5, 0.6) is 0 Å². The summed E-state index contributed by atoms with van der Waals surface area (Å²) in [6, 6.07) is 24.1. The highest BCUT2D eigenvalue weighted by atomic mass is 16.2. The molecule has 1 aromatic heterocycles. The number of hydrogen-bond donors (Lipinski definition) is 4. The first kappa shape index (κ1) is 24.4. The van der Waals surface area contributed by atoms with E-state index in [2.05, 4.69) is 10.4 Å². The van der Waals surface area contributed by atoms with Crippen LogP contribution in [0.25, 0.3) is 11.1 Å². The molecule has 182 valence electrons. The Labute approximate surface area is 209 Å². The van der Waals surface area contributed by atoms with E-state index in [1.165, 1.54) is 4.68 Å². The second-order valence-electron chi connectivity index (χ2n) is 8.49. The molecule has 1 amide bonds. The van der Waals surface area contributed by atoms with E-state index in [4.69, 9.17) is 16.9 Å². The third kappa shape index (κ3) is 6.04. The van der Waals surface area contributed by atoms with Crippen molar-refractivity contribution in [1.82, 2.24) is 15.1 Å². The molecule has 8 heteroatoms. The van der Waals surface area contributed by atoms with E-state index in [9.17, 15) is 9.59 Å². The number of benzene rings is 3. The molecule has 0 atom stereocenters. The van der Waals surface area contributed by atoms with Gasteiger partial charge in [0.05, 0.1) is 12.6 Å². The van der Waals surface area contributed by atoms with Crippen LogP contribution in [0.1, 0.15) is 22.3 Å². The third-order valence-corrected chi connectivity index (χ3v) is 5.89. The molecule has 4 rings (SSSR count). The maximum absolute atomic E-state index is 13.4. The molecule has 3 aromatic carbocycles. The van der Waals surface area contributed by atoms with Crippen LogP contribution in [0.4, 0.5) is 5.69 Å². The van der Waals surface area contributed by atoms with Crippen LogP contribution < -0.4 is 22.3 Å². The Hall–Kier alpha value is -4.72. The van der Waals surface area contributed by atoms with E-state index in [1.54, 1.807) is 48.7 Å². The number of nitrogen functional groups attached to an aromatic ring is 2. The SMILES string of the molecule is N=C(N)c1ccc(CNC(=O)Cc2c(-c3cccc(N)c3)cnn(CCc3ccccc3)c2=O)cc1. The number of nitrogens with one attached hydrogen (secondary N) is 2. The highest BCUT2D eigenvalue weighted by Crippen LogP contribution is 2.23. The summed E-state index contributed by atoms with van der Waals surface area (Å²) in [7, 11) is 0. The molecule has 0 saturated carbocycles. The van der Waals surface area contributed by atoms with E-state index in [0.717, 1.165) is 16.7 Å². The number of aryl methyl sites for hydroxylation is 2. The summed E-state index contributed by atoms with van der Waals surface area (Å²) < 4.78 is 1.41. The molecule has 0 radical (unpaired) electrons.